The molecule has 0 aromatic heterocycles. The van der Waals surface area contributed by atoms with E-state index in [0.717, 1.165) is 30.5 Å². The first-order chi connectivity index (χ1) is 10.2. The molecule has 4 nitrogen and oxygen atoms in total. The molecular formula is C14H10ClF2NO3S. The number of carbonyl (C=O) groups excluding carboxylic acids is 1. The topological polar surface area (TPSA) is 63.2 Å². The molecule has 1 amide bonds. The summed E-state index contributed by atoms with van der Waals surface area (Å²) >= 11 is 5.74. The van der Waals surface area contributed by atoms with Crippen LogP contribution in [0.3, 0.4) is 0 Å². The average Bonchev–Trinajstić information content (AvgIpc) is 2.39. The van der Waals surface area contributed by atoms with Crippen molar-refractivity contribution in [2.24, 2.45) is 0 Å². The van der Waals surface area contributed by atoms with Gasteiger partial charge < -0.3 is 5.32 Å². The maximum Gasteiger partial charge on any atom is 0.260 e. The van der Waals surface area contributed by atoms with Crippen molar-refractivity contribution in [1.82, 2.24) is 0 Å². The van der Waals surface area contributed by atoms with E-state index < -0.39 is 32.9 Å². The lowest BCUT2D eigenvalue weighted by molar-refractivity contribution is 0.102. The lowest BCUT2D eigenvalue weighted by Gasteiger charge is -2.09. The molecule has 0 saturated heterocycles. The second-order valence-corrected chi connectivity index (χ2v) is 6.89. The zero-order valence-electron chi connectivity index (χ0n) is 11.2. The number of hydrogen-bond donors (Lipinski definition) is 1. The molecule has 1 N–H and O–H groups in total. The highest BCUT2D eigenvalue weighted by Gasteiger charge is 2.18. The third kappa shape index (κ3) is 3.42. The summed E-state index contributed by atoms with van der Waals surface area (Å²) in [5.74, 6) is -2.70. The van der Waals surface area contributed by atoms with Crippen LogP contribution in [0.4, 0.5) is 14.5 Å². The van der Waals surface area contributed by atoms with Crippen LogP contribution in [0.2, 0.25) is 5.02 Å². The Morgan fingerprint density at radius 3 is 2.41 bits per heavy atom. The summed E-state index contributed by atoms with van der Waals surface area (Å²) in [6, 6.07) is 6.58. The predicted molar refractivity (Wildman–Crippen MR) is 78.9 cm³/mol. The summed E-state index contributed by atoms with van der Waals surface area (Å²) in [4.78, 5) is 11.8. The summed E-state index contributed by atoms with van der Waals surface area (Å²) in [5, 5.41) is 1.98. The Balaban J connectivity index is 2.41. The molecule has 0 saturated carbocycles. The Labute approximate surface area is 130 Å². The summed E-state index contributed by atoms with van der Waals surface area (Å²) in [7, 11) is -3.58. The van der Waals surface area contributed by atoms with Crippen LogP contribution >= 0.6 is 11.6 Å². The fourth-order valence-electron chi connectivity index (χ4n) is 1.73. The molecule has 0 aliphatic carbocycles. The quantitative estimate of drug-likeness (QED) is 0.868. The monoisotopic (exact) mass is 345 g/mol. The standard InChI is InChI=1S/C14H10ClF2NO3S/c1-22(20,21)8-5-6-10(16)12(7-8)18-14(19)13-9(15)3-2-4-11(13)17/h2-7H,1H3,(H,18,19). The van der Waals surface area contributed by atoms with Crippen molar-refractivity contribution in [2.75, 3.05) is 11.6 Å². The minimum Gasteiger partial charge on any atom is -0.319 e. The van der Waals surface area contributed by atoms with Gasteiger partial charge in [-0.25, -0.2) is 17.2 Å². The smallest absolute Gasteiger partial charge is 0.260 e. The van der Waals surface area contributed by atoms with E-state index in [1.165, 1.54) is 12.1 Å². The van der Waals surface area contributed by atoms with Gasteiger partial charge in [0.25, 0.3) is 5.91 Å². The van der Waals surface area contributed by atoms with Crippen LogP contribution in [0.5, 0.6) is 0 Å². The maximum absolute atomic E-state index is 13.7. The number of rotatable bonds is 3. The van der Waals surface area contributed by atoms with Gasteiger partial charge in [0.15, 0.2) is 9.84 Å². The second-order valence-electron chi connectivity index (χ2n) is 4.46. The van der Waals surface area contributed by atoms with Crippen molar-refractivity contribution in [1.29, 1.82) is 0 Å². The fourth-order valence-corrected chi connectivity index (χ4v) is 2.63. The number of anilines is 1. The van der Waals surface area contributed by atoms with E-state index in [0.29, 0.717) is 0 Å². The molecule has 0 unspecified atom stereocenters. The molecule has 0 aliphatic heterocycles. The van der Waals surface area contributed by atoms with Gasteiger partial charge in [-0.2, -0.15) is 0 Å². The summed E-state index contributed by atoms with van der Waals surface area (Å²) in [6.07, 6.45) is 0.944. The number of amides is 1. The SMILES string of the molecule is CS(=O)(=O)c1ccc(F)c(NC(=O)c2c(F)cccc2Cl)c1. The molecule has 0 atom stereocenters. The van der Waals surface area contributed by atoms with Crippen LogP contribution in [0.15, 0.2) is 41.3 Å². The van der Waals surface area contributed by atoms with Gasteiger partial charge in [-0.1, -0.05) is 17.7 Å². The van der Waals surface area contributed by atoms with Gasteiger partial charge in [-0.05, 0) is 30.3 Å². The van der Waals surface area contributed by atoms with Crippen LogP contribution in [-0.2, 0) is 9.84 Å². The van der Waals surface area contributed by atoms with Crippen molar-refractivity contribution in [2.45, 2.75) is 4.90 Å². The molecular weight excluding hydrogens is 336 g/mol. The largest absolute Gasteiger partial charge is 0.319 e. The van der Waals surface area contributed by atoms with Crippen molar-refractivity contribution in [3.8, 4) is 0 Å². The number of hydrogen-bond acceptors (Lipinski definition) is 3. The van der Waals surface area contributed by atoms with Crippen LogP contribution in [0, 0.1) is 11.6 Å². The molecule has 0 aliphatic rings. The lowest BCUT2D eigenvalue weighted by atomic mass is 10.2. The van der Waals surface area contributed by atoms with Crippen LogP contribution in [0.25, 0.3) is 0 Å². The third-order valence-electron chi connectivity index (χ3n) is 2.80. The number of halogens is 3. The summed E-state index contributed by atoms with van der Waals surface area (Å²) in [5.41, 5.74) is -0.833. The Hall–Kier alpha value is -1.99. The van der Waals surface area contributed by atoms with E-state index in [9.17, 15) is 22.0 Å². The Kier molecular flexibility index (Phi) is 4.48. The molecule has 8 heteroatoms. The molecule has 2 rings (SSSR count). The highest BCUT2D eigenvalue weighted by Crippen LogP contribution is 2.23. The first-order valence-electron chi connectivity index (χ1n) is 5.95. The Morgan fingerprint density at radius 1 is 1.14 bits per heavy atom. The van der Waals surface area contributed by atoms with Crippen molar-refractivity contribution in [3.63, 3.8) is 0 Å². The van der Waals surface area contributed by atoms with E-state index in [-0.39, 0.29) is 15.6 Å². The zero-order chi connectivity index (χ0) is 16.5. The molecule has 0 heterocycles. The molecule has 116 valence electrons. The Bertz CT molecular complexity index is 833. The molecule has 2 aromatic carbocycles. The summed E-state index contributed by atoms with van der Waals surface area (Å²) in [6.45, 7) is 0. The van der Waals surface area contributed by atoms with Gasteiger partial charge in [-0.3, -0.25) is 4.79 Å². The average molecular weight is 346 g/mol. The minimum atomic E-state index is -3.58. The lowest BCUT2D eigenvalue weighted by Crippen LogP contribution is -2.16. The molecule has 0 radical (unpaired) electrons. The Morgan fingerprint density at radius 2 is 1.82 bits per heavy atom. The second kappa shape index (κ2) is 6.02. The third-order valence-corrected chi connectivity index (χ3v) is 4.23. The van der Waals surface area contributed by atoms with Crippen LogP contribution in [0.1, 0.15) is 10.4 Å². The van der Waals surface area contributed by atoms with E-state index in [2.05, 4.69) is 5.32 Å². The van der Waals surface area contributed by atoms with Gasteiger partial charge in [0.2, 0.25) is 0 Å². The molecule has 0 bridgehead atoms. The molecule has 0 fully saturated rings. The van der Waals surface area contributed by atoms with E-state index in [1.54, 1.807) is 0 Å². The highest BCUT2D eigenvalue weighted by molar-refractivity contribution is 7.90. The maximum atomic E-state index is 13.7. The van der Waals surface area contributed by atoms with Crippen molar-refractivity contribution in [3.05, 3.63) is 58.6 Å². The van der Waals surface area contributed by atoms with E-state index >= 15 is 0 Å². The predicted octanol–water partition coefficient (Wildman–Crippen LogP) is 3.27. The van der Waals surface area contributed by atoms with Gasteiger partial charge >= 0.3 is 0 Å². The summed E-state index contributed by atoms with van der Waals surface area (Å²) < 4.78 is 50.2. The normalized spacial score (nSPS) is 11.3. The van der Waals surface area contributed by atoms with Crippen molar-refractivity contribution >= 4 is 33.0 Å². The van der Waals surface area contributed by atoms with Gasteiger partial charge in [0, 0.05) is 6.26 Å². The van der Waals surface area contributed by atoms with Gasteiger partial charge in [0.1, 0.15) is 11.6 Å². The van der Waals surface area contributed by atoms with E-state index in [4.69, 9.17) is 11.6 Å². The highest BCUT2D eigenvalue weighted by atomic mass is 35.5. The van der Waals surface area contributed by atoms with E-state index in [1.807, 2.05) is 0 Å². The number of benzene rings is 2. The van der Waals surface area contributed by atoms with Crippen molar-refractivity contribution < 1.29 is 22.0 Å². The van der Waals surface area contributed by atoms with Gasteiger partial charge in [0.05, 0.1) is 21.2 Å². The first kappa shape index (κ1) is 16.4. The number of nitrogens with one attached hydrogen (secondary N) is 1. The minimum absolute atomic E-state index is 0.142. The molecule has 0 spiro atoms. The molecule has 2 aromatic rings. The first-order valence-corrected chi connectivity index (χ1v) is 8.22. The number of carbonyl (C=O) groups is 1. The number of sulfone groups is 1. The fraction of sp³-hybridized carbons (Fsp3) is 0.0714. The van der Waals surface area contributed by atoms with Crippen LogP contribution in [-0.4, -0.2) is 20.6 Å². The molecule has 22 heavy (non-hydrogen) atoms. The van der Waals surface area contributed by atoms with Crippen LogP contribution < -0.4 is 5.32 Å². The van der Waals surface area contributed by atoms with Gasteiger partial charge in [-0.15, -0.1) is 0 Å². The zero-order valence-corrected chi connectivity index (χ0v) is 12.8.